The van der Waals surface area contributed by atoms with Crippen LogP contribution in [0.5, 0.6) is 5.75 Å². The van der Waals surface area contributed by atoms with E-state index in [1.165, 1.54) is 4.68 Å². The number of nitrogens with one attached hydrogen (secondary N) is 3. The summed E-state index contributed by atoms with van der Waals surface area (Å²) < 4.78 is 6.43. The van der Waals surface area contributed by atoms with Crippen LogP contribution in [0, 0.1) is 0 Å². The van der Waals surface area contributed by atoms with Gasteiger partial charge in [0.15, 0.2) is 0 Å². The molecule has 34 heavy (non-hydrogen) atoms. The monoisotopic (exact) mass is 457 g/mol. The Morgan fingerprint density at radius 3 is 2.68 bits per heavy atom. The molecule has 3 aromatic carbocycles. The summed E-state index contributed by atoms with van der Waals surface area (Å²) in [6.45, 7) is 0. The highest BCUT2D eigenvalue weighted by atomic mass is 16.5. The molecule has 0 fully saturated rings. The second-order valence-electron chi connectivity index (χ2n) is 8.02. The van der Waals surface area contributed by atoms with Crippen LogP contribution >= 0.6 is 0 Å². The molecule has 9 nitrogen and oxygen atoms in total. The van der Waals surface area contributed by atoms with Gasteiger partial charge in [-0.1, -0.05) is 30.3 Å². The molecule has 0 spiro atoms. The average Bonchev–Trinajstić information content (AvgIpc) is 3.38. The van der Waals surface area contributed by atoms with Gasteiger partial charge in [-0.3, -0.25) is 9.78 Å². The molecule has 0 radical (unpaired) electrons. The van der Waals surface area contributed by atoms with Gasteiger partial charge in [-0.25, -0.2) is 4.79 Å². The van der Waals surface area contributed by atoms with Crippen molar-refractivity contribution in [3.8, 4) is 11.4 Å². The quantitative estimate of drug-likeness (QED) is 0.353. The van der Waals surface area contributed by atoms with Crippen LogP contribution in [0.2, 0.25) is 0 Å². The summed E-state index contributed by atoms with van der Waals surface area (Å²) in [6, 6.07) is 21.1. The fourth-order valence-corrected chi connectivity index (χ4v) is 4.10. The summed E-state index contributed by atoms with van der Waals surface area (Å²) in [6.07, 6.45) is -0.135. The third kappa shape index (κ3) is 4.16. The van der Waals surface area contributed by atoms with Crippen LogP contribution in [0.3, 0.4) is 0 Å². The number of aromatic amines is 1. The van der Waals surface area contributed by atoms with E-state index in [4.69, 9.17) is 4.74 Å². The van der Waals surface area contributed by atoms with E-state index in [2.05, 4.69) is 20.7 Å². The molecule has 1 aromatic heterocycles. The molecule has 0 aliphatic heterocycles. The molecular weight excluding hydrogens is 434 g/mol. The van der Waals surface area contributed by atoms with Crippen molar-refractivity contribution in [3.05, 3.63) is 100.0 Å². The lowest BCUT2D eigenvalue weighted by atomic mass is 10.1. The van der Waals surface area contributed by atoms with Crippen molar-refractivity contribution in [2.75, 3.05) is 12.4 Å². The number of H-pyrrole nitrogens is 1. The van der Waals surface area contributed by atoms with Crippen LogP contribution < -0.4 is 21.1 Å². The zero-order valence-corrected chi connectivity index (χ0v) is 18.4. The maximum absolute atomic E-state index is 12.7. The lowest BCUT2D eigenvalue weighted by molar-refractivity contribution is 0.0858. The first kappa shape index (κ1) is 21.5. The van der Waals surface area contributed by atoms with E-state index >= 15 is 0 Å². The molecular formula is C25H23N5O4. The minimum Gasteiger partial charge on any atom is -0.497 e. The lowest BCUT2D eigenvalue weighted by Crippen LogP contribution is -2.37. The number of anilines is 2. The number of nitrogens with zero attached hydrogens (tertiary/aromatic N) is 2. The molecule has 0 saturated heterocycles. The summed E-state index contributed by atoms with van der Waals surface area (Å²) in [5, 5.41) is 20.7. The molecule has 0 saturated carbocycles. The zero-order chi connectivity index (χ0) is 23.7. The Kier molecular flexibility index (Phi) is 5.60. The lowest BCUT2D eigenvalue weighted by Gasteiger charge is -2.17. The second kappa shape index (κ2) is 8.87. The molecule has 1 heterocycles. The Balaban J connectivity index is 1.25. The number of fused-ring (bicyclic) bond motifs is 1. The van der Waals surface area contributed by atoms with Crippen molar-refractivity contribution in [3.63, 3.8) is 0 Å². The molecule has 172 valence electrons. The van der Waals surface area contributed by atoms with E-state index in [1.54, 1.807) is 55.6 Å². The molecule has 5 rings (SSSR count). The Morgan fingerprint density at radius 2 is 1.91 bits per heavy atom. The minimum atomic E-state index is -0.724. The maximum Gasteiger partial charge on any atom is 0.349 e. The van der Waals surface area contributed by atoms with Crippen LogP contribution in [-0.4, -0.2) is 38.9 Å². The SMILES string of the molecule is COc1cccc(-n2nc(Nc3ccc(C(=O)N[C@H]4Cc5ccccc5[C@H]4O)cc3)[nH]c2=O)c1. The van der Waals surface area contributed by atoms with Gasteiger partial charge in [-0.2, -0.15) is 4.68 Å². The molecule has 0 unspecified atom stereocenters. The summed E-state index contributed by atoms with van der Waals surface area (Å²) in [5.41, 5.74) is 3.18. The topological polar surface area (TPSA) is 121 Å². The highest BCUT2D eigenvalue weighted by Crippen LogP contribution is 2.31. The number of hydrogen-bond donors (Lipinski definition) is 4. The number of amides is 1. The zero-order valence-electron chi connectivity index (χ0n) is 18.4. The normalized spacial score (nSPS) is 16.6. The standard InChI is InChI=1S/C25H23N5O4/c1-34-19-7-4-6-18(14-19)30-25(33)28-24(29-30)26-17-11-9-15(10-12-17)23(32)27-21-13-16-5-2-3-8-20(16)22(21)31/h2-12,14,21-22,31H,13H2,1H3,(H,27,32)(H2,26,28,29,33)/t21-,22+/m0/s1. The highest BCUT2D eigenvalue weighted by molar-refractivity contribution is 5.94. The number of aromatic nitrogens is 3. The minimum absolute atomic E-state index is 0.261. The summed E-state index contributed by atoms with van der Waals surface area (Å²) in [4.78, 5) is 27.7. The number of methoxy groups -OCH3 is 1. The van der Waals surface area contributed by atoms with Gasteiger partial charge in [0.05, 0.1) is 24.9 Å². The van der Waals surface area contributed by atoms with Gasteiger partial charge < -0.3 is 20.5 Å². The van der Waals surface area contributed by atoms with Crippen molar-refractivity contribution in [1.29, 1.82) is 0 Å². The third-order valence-electron chi connectivity index (χ3n) is 5.84. The molecule has 0 bridgehead atoms. The number of carbonyl (C=O) groups is 1. The van der Waals surface area contributed by atoms with E-state index in [-0.39, 0.29) is 17.9 Å². The highest BCUT2D eigenvalue weighted by Gasteiger charge is 2.31. The average molecular weight is 457 g/mol. The Hall–Kier alpha value is -4.37. The number of carbonyl (C=O) groups excluding carboxylic acids is 1. The van der Waals surface area contributed by atoms with Crippen LogP contribution in [-0.2, 0) is 6.42 Å². The van der Waals surface area contributed by atoms with Crippen molar-refractivity contribution < 1.29 is 14.6 Å². The Bertz CT molecular complexity index is 1390. The largest absolute Gasteiger partial charge is 0.497 e. The van der Waals surface area contributed by atoms with E-state index < -0.39 is 11.8 Å². The van der Waals surface area contributed by atoms with Crippen LogP contribution in [0.25, 0.3) is 5.69 Å². The third-order valence-corrected chi connectivity index (χ3v) is 5.84. The van der Waals surface area contributed by atoms with Crippen molar-refractivity contribution >= 4 is 17.5 Å². The summed E-state index contributed by atoms with van der Waals surface area (Å²) in [7, 11) is 1.55. The van der Waals surface area contributed by atoms with Crippen molar-refractivity contribution in [2.24, 2.45) is 0 Å². The fraction of sp³-hybridized carbons (Fsp3) is 0.160. The van der Waals surface area contributed by atoms with Gasteiger partial charge >= 0.3 is 5.69 Å². The maximum atomic E-state index is 12.7. The van der Waals surface area contributed by atoms with E-state index in [0.717, 1.165) is 11.1 Å². The van der Waals surface area contributed by atoms with Crippen molar-refractivity contribution in [2.45, 2.75) is 18.6 Å². The molecule has 4 aromatic rings. The van der Waals surface area contributed by atoms with Gasteiger partial charge in [0.2, 0.25) is 5.95 Å². The van der Waals surface area contributed by atoms with Crippen LogP contribution in [0.15, 0.2) is 77.6 Å². The van der Waals surface area contributed by atoms with Crippen molar-refractivity contribution in [1.82, 2.24) is 20.1 Å². The van der Waals surface area contributed by atoms with Crippen LogP contribution in [0.4, 0.5) is 11.6 Å². The Labute approximate surface area is 195 Å². The van der Waals surface area contributed by atoms with Gasteiger partial charge in [0, 0.05) is 17.3 Å². The van der Waals surface area contributed by atoms with Gasteiger partial charge in [0.1, 0.15) is 5.75 Å². The number of ether oxygens (including phenoxy) is 1. The summed E-state index contributed by atoms with van der Waals surface area (Å²) >= 11 is 0. The first-order valence-electron chi connectivity index (χ1n) is 10.8. The predicted octanol–water partition coefficient (Wildman–Crippen LogP) is 2.70. The molecule has 2 atom stereocenters. The van der Waals surface area contributed by atoms with Gasteiger partial charge in [0.25, 0.3) is 5.91 Å². The fourth-order valence-electron chi connectivity index (χ4n) is 4.10. The molecule has 9 heteroatoms. The van der Waals surface area contributed by atoms with E-state index in [9.17, 15) is 14.7 Å². The van der Waals surface area contributed by atoms with Crippen LogP contribution in [0.1, 0.15) is 27.6 Å². The number of hydrogen-bond acceptors (Lipinski definition) is 6. The van der Waals surface area contributed by atoms with Gasteiger partial charge in [-0.05, 0) is 53.9 Å². The van der Waals surface area contributed by atoms with E-state index in [0.29, 0.717) is 29.1 Å². The smallest absolute Gasteiger partial charge is 0.349 e. The first-order chi connectivity index (χ1) is 16.5. The molecule has 4 N–H and O–H groups in total. The number of benzene rings is 3. The molecule has 1 aliphatic rings. The second-order valence-corrected chi connectivity index (χ2v) is 8.02. The van der Waals surface area contributed by atoms with Gasteiger partial charge in [-0.15, -0.1) is 5.10 Å². The predicted molar refractivity (Wildman–Crippen MR) is 127 cm³/mol. The Morgan fingerprint density at radius 1 is 1.12 bits per heavy atom. The molecule has 1 amide bonds. The number of rotatable bonds is 6. The summed E-state index contributed by atoms with van der Waals surface area (Å²) in [5.74, 6) is 0.612. The number of aliphatic hydroxyl groups excluding tert-OH is 1. The number of aliphatic hydroxyl groups is 1. The van der Waals surface area contributed by atoms with E-state index in [1.807, 2.05) is 24.3 Å². The molecule has 1 aliphatic carbocycles. The first-order valence-corrected chi connectivity index (χ1v) is 10.8.